The van der Waals surface area contributed by atoms with Gasteiger partial charge in [-0.1, -0.05) is 59.9 Å². The highest BCUT2D eigenvalue weighted by atomic mass is 32.1. The number of aromatic nitrogens is 3. The molecule has 1 N–H and O–H groups in total. The van der Waals surface area contributed by atoms with E-state index >= 15 is 0 Å². The molecule has 0 aliphatic carbocycles. The maximum atomic E-state index is 13.5. The Morgan fingerprint density at radius 2 is 1.66 bits per heavy atom. The Balaban J connectivity index is 0.924. The molecule has 2 aromatic heterocycles. The summed E-state index contributed by atoms with van der Waals surface area (Å²) in [6.45, 7) is 6.60. The summed E-state index contributed by atoms with van der Waals surface area (Å²) in [6.07, 6.45) is 1.28. The van der Waals surface area contributed by atoms with Crippen molar-refractivity contribution in [3.63, 3.8) is 0 Å². The smallest absolute Gasteiger partial charge is 0.259 e. The van der Waals surface area contributed by atoms with E-state index in [1.165, 1.54) is 11.1 Å². The lowest BCUT2D eigenvalue weighted by atomic mass is 9.95. The molecule has 2 fully saturated rings. The second-order valence-corrected chi connectivity index (χ2v) is 13.6. The molecule has 0 spiro atoms. The fraction of sp³-hybridized carbons (Fsp3) is 0.278. The molecule has 1 unspecified atom stereocenters. The van der Waals surface area contributed by atoms with E-state index in [2.05, 4.69) is 67.8 Å². The molecule has 236 valence electrons. The van der Waals surface area contributed by atoms with Crippen LogP contribution in [0, 0.1) is 6.92 Å². The SMILES string of the molecule is Cc1nnc(-c2cccc(N3CCN(Cc4ccc(Cc5ccc6c7c(cccc57)C(=O)N6C5CCC(=O)NC5=O)cc4)CC3)n2)s1. The van der Waals surface area contributed by atoms with Gasteiger partial charge in [0, 0.05) is 50.1 Å². The Morgan fingerprint density at radius 1 is 0.872 bits per heavy atom. The summed E-state index contributed by atoms with van der Waals surface area (Å²) >= 11 is 1.56. The molecule has 0 bridgehead atoms. The number of piperazine rings is 1. The topological polar surface area (TPSA) is 112 Å². The molecule has 3 aliphatic rings. The number of hydrogen-bond acceptors (Lipinski definition) is 9. The number of aryl methyl sites for hydroxylation is 1. The van der Waals surface area contributed by atoms with Crippen molar-refractivity contribution in [3.05, 3.63) is 100 Å². The minimum atomic E-state index is -0.684. The standard InChI is InChI=1S/C36H33N7O3S/c1-22-39-40-35(47-22)28-6-3-7-31(37-28)42-18-16-41(17-19-42)21-24-10-8-23(9-11-24)20-25-12-13-29-33-26(25)4-2-5-27(33)36(46)43(29)30-14-15-32(44)38-34(30)45/h2-13,30H,14-21H2,1H3,(H,38,44,45). The molecule has 0 radical (unpaired) electrons. The van der Waals surface area contributed by atoms with Crippen LogP contribution in [0.3, 0.4) is 0 Å². The van der Waals surface area contributed by atoms with Crippen molar-refractivity contribution in [3.8, 4) is 10.7 Å². The van der Waals surface area contributed by atoms with Gasteiger partial charge in [0.25, 0.3) is 5.91 Å². The van der Waals surface area contributed by atoms with Gasteiger partial charge in [-0.25, -0.2) is 4.98 Å². The van der Waals surface area contributed by atoms with E-state index in [0.717, 1.165) is 82.7 Å². The van der Waals surface area contributed by atoms with E-state index < -0.39 is 11.9 Å². The first kappa shape index (κ1) is 29.4. The minimum Gasteiger partial charge on any atom is -0.354 e. The van der Waals surface area contributed by atoms with Crippen LogP contribution in [0.4, 0.5) is 11.5 Å². The maximum absolute atomic E-state index is 13.5. The van der Waals surface area contributed by atoms with Crippen molar-refractivity contribution in [1.82, 2.24) is 25.4 Å². The van der Waals surface area contributed by atoms with Crippen LogP contribution in [-0.4, -0.2) is 70.0 Å². The maximum Gasteiger partial charge on any atom is 0.259 e. The van der Waals surface area contributed by atoms with Gasteiger partial charge in [0.15, 0.2) is 5.01 Å². The van der Waals surface area contributed by atoms with Crippen LogP contribution in [0.25, 0.3) is 21.5 Å². The number of amides is 3. The number of anilines is 2. The van der Waals surface area contributed by atoms with Crippen LogP contribution in [0.15, 0.2) is 72.8 Å². The average Bonchev–Trinajstić information content (AvgIpc) is 3.65. The number of piperidine rings is 1. The van der Waals surface area contributed by atoms with Gasteiger partial charge >= 0.3 is 0 Å². The predicted octanol–water partition coefficient (Wildman–Crippen LogP) is 4.74. The highest BCUT2D eigenvalue weighted by molar-refractivity contribution is 7.14. The van der Waals surface area contributed by atoms with Crippen molar-refractivity contribution in [2.24, 2.45) is 0 Å². The number of pyridine rings is 1. The third kappa shape index (κ3) is 5.55. The second-order valence-electron chi connectivity index (χ2n) is 12.4. The number of nitrogens with one attached hydrogen (secondary N) is 1. The minimum absolute atomic E-state index is 0.185. The first-order valence-corrected chi connectivity index (χ1v) is 16.8. The number of benzene rings is 3. The Hall–Kier alpha value is -5.00. The summed E-state index contributed by atoms with van der Waals surface area (Å²) < 4.78 is 0. The summed E-state index contributed by atoms with van der Waals surface area (Å²) in [5.74, 6) is 0.0928. The summed E-state index contributed by atoms with van der Waals surface area (Å²) in [4.78, 5) is 49.1. The fourth-order valence-corrected chi connectivity index (χ4v) is 7.61. The van der Waals surface area contributed by atoms with Gasteiger partial charge in [-0.05, 0) is 66.1 Å². The Bertz CT molecular complexity index is 2030. The molecule has 2 saturated heterocycles. The first-order chi connectivity index (χ1) is 22.9. The molecule has 5 aromatic rings. The van der Waals surface area contributed by atoms with Crippen LogP contribution in [0.5, 0.6) is 0 Å². The monoisotopic (exact) mass is 643 g/mol. The predicted molar refractivity (Wildman–Crippen MR) is 182 cm³/mol. The van der Waals surface area contributed by atoms with Crippen LogP contribution >= 0.6 is 11.3 Å². The lowest BCUT2D eigenvalue weighted by molar-refractivity contribution is -0.134. The number of rotatable bonds is 7. The largest absolute Gasteiger partial charge is 0.354 e. The van der Waals surface area contributed by atoms with E-state index in [-0.39, 0.29) is 18.2 Å². The molecule has 8 rings (SSSR count). The van der Waals surface area contributed by atoms with E-state index in [1.807, 2.05) is 37.3 Å². The van der Waals surface area contributed by atoms with Crippen molar-refractivity contribution in [2.75, 3.05) is 36.0 Å². The molecule has 11 heteroatoms. The van der Waals surface area contributed by atoms with Gasteiger partial charge in [0.1, 0.15) is 22.6 Å². The summed E-state index contributed by atoms with van der Waals surface area (Å²) in [5.41, 5.74) is 5.82. The molecule has 0 saturated carbocycles. The highest BCUT2D eigenvalue weighted by Gasteiger charge is 2.40. The van der Waals surface area contributed by atoms with Crippen molar-refractivity contribution in [1.29, 1.82) is 0 Å². The summed E-state index contributed by atoms with van der Waals surface area (Å²) in [6, 6.07) is 24.0. The summed E-state index contributed by atoms with van der Waals surface area (Å²) in [5, 5.41) is 14.5. The van der Waals surface area contributed by atoms with Crippen molar-refractivity contribution in [2.45, 2.75) is 38.8 Å². The second kappa shape index (κ2) is 12.0. The Morgan fingerprint density at radius 3 is 2.43 bits per heavy atom. The molecule has 47 heavy (non-hydrogen) atoms. The molecule has 10 nitrogen and oxygen atoms in total. The van der Waals surface area contributed by atoms with E-state index in [1.54, 1.807) is 16.2 Å². The van der Waals surface area contributed by atoms with Crippen molar-refractivity contribution >= 4 is 51.3 Å². The zero-order chi connectivity index (χ0) is 32.1. The number of hydrogen-bond donors (Lipinski definition) is 1. The van der Waals surface area contributed by atoms with Gasteiger partial charge in [-0.15, -0.1) is 10.2 Å². The zero-order valence-electron chi connectivity index (χ0n) is 26.0. The fourth-order valence-electron chi connectivity index (χ4n) is 6.95. The van der Waals surface area contributed by atoms with E-state index in [4.69, 9.17) is 4.98 Å². The highest BCUT2D eigenvalue weighted by Crippen LogP contribution is 2.41. The van der Waals surface area contributed by atoms with Gasteiger partial charge in [-0.3, -0.25) is 29.5 Å². The molecular weight excluding hydrogens is 611 g/mol. The lowest BCUT2D eigenvalue weighted by Gasteiger charge is -2.35. The number of carbonyl (C=O) groups excluding carboxylic acids is 3. The Kier molecular flexibility index (Phi) is 7.49. The zero-order valence-corrected chi connectivity index (χ0v) is 26.8. The average molecular weight is 644 g/mol. The molecule has 3 amide bonds. The molecule has 3 aromatic carbocycles. The van der Waals surface area contributed by atoms with Crippen LogP contribution in [-0.2, 0) is 22.6 Å². The van der Waals surface area contributed by atoms with Crippen molar-refractivity contribution < 1.29 is 14.4 Å². The third-order valence-corrected chi connectivity index (χ3v) is 10.2. The number of imide groups is 1. The molecule has 5 heterocycles. The van der Waals surface area contributed by atoms with E-state index in [0.29, 0.717) is 12.0 Å². The van der Waals surface area contributed by atoms with Crippen LogP contribution in [0.1, 0.15) is 44.9 Å². The first-order valence-electron chi connectivity index (χ1n) is 16.0. The molecule has 1 atom stereocenters. The van der Waals surface area contributed by atoms with Gasteiger partial charge in [0.05, 0.1) is 5.69 Å². The lowest BCUT2D eigenvalue weighted by Crippen LogP contribution is -2.53. The van der Waals surface area contributed by atoms with Crippen LogP contribution < -0.4 is 15.1 Å². The number of nitrogens with zero attached hydrogens (tertiary/aromatic N) is 6. The van der Waals surface area contributed by atoms with Gasteiger partial charge in [0.2, 0.25) is 11.8 Å². The Labute approximate surface area is 276 Å². The van der Waals surface area contributed by atoms with Gasteiger partial charge < -0.3 is 4.90 Å². The normalized spacial score (nSPS) is 18.3. The van der Waals surface area contributed by atoms with Gasteiger partial charge in [-0.2, -0.15) is 0 Å². The van der Waals surface area contributed by atoms with E-state index in [9.17, 15) is 14.4 Å². The van der Waals surface area contributed by atoms with Crippen LogP contribution in [0.2, 0.25) is 0 Å². The molecular formula is C36H33N7O3S. The number of carbonyl (C=O) groups is 3. The quantitative estimate of drug-likeness (QED) is 0.253. The summed E-state index contributed by atoms with van der Waals surface area (Å²) in [7, 11) is 0. The molecule has 3 aliphatic heterocycles. The third-order valence-electron chi connectivity index (χ3n) is 9.34.